The summed E-state index contributed by atoms with van der Waals surface area (Å²) in [7, 11) is 0. The van der Waals surface area contributed by atoms with E-state index in [9.17, 15) is 9.90 Å². The number of carboxylic acid groups (broad SMARTS) is 1. The maximum atomic E-state index is 10.9. The van der Waals surface area contributed by atoms with Crippen LogP contribution in [-0.4, -0.2) is 29.3 Å². The number of nitrogens with zero attached hydrogens (tertiary/aromatic N) is 1. The Morgan fingerprint density at radius 3 is 2.65 bits per heavy atom. The summed E-state index contributed by atoms with van der Waals surface area (Å²) in [6.07, 6.45) is 0.261. The topological polar surface area (TPSA) is 72.8 Å². The third-order valence-electron chi connectivity index (χ3n) is 4.14. The van der Waals surface area contributed by atoms with Crippen molar-refractivity contribution < 1.29 is 15.0 Å². The zero-order valence-corrected chi connectivity index (χ0v) is 15.8. The molecule has 0 aliphatic rings. The largest absolute Gasteiger partial charge is 0.481 e. The first kappa shape index (κ1) is 20.2. The summed E-state index contributed by atoms with van der Waals surface area (Å²) in [4.78, 5) is 10.9. The van der Waals surface area contributed by atoms with Crippen LogP contribution in [0.5, 0.6) is 0 Å². The van der Waals surface area contributed by atoms with Gasteiger partial charge in [0.15, 0.2) is 0 Å². The van der Waals surface area contributed by atoms with Gasteiger partial charge in [-0.25, -0.2) is 5.43 Å². The second-order valence-electron chi connectivity index (χ2n) is 6.27. The molecule has 5 nitrogen and oxygen atoms in total. The van der Waals surface area contributed by atoms with Crippen molar-refractivity contribution in [3.63, 3.8) is 0 Å². The number of aliphatic hydroxyl groups is 1. The van der Waals surface area contributed by atoms with Gasteiger partial charge in [-0.1, -0.05) is 36.7 Å². The highest BCUT2D eigenvalue weighted by molar-refractivity contribution is 6.30. The Hall–Kier alpha value is -2.08. The third-order valence-corrected chi connectivity index (χ3v) is 4.37. The number of carboxylic acids is 1. The SMILES string of the molecule is CCCN(NC[C@H](O)c1cccc(Cl)c1)c1ccc(CC(=O)O)c(C)c1. The number of aliphatic carboxylic acids is 1. The molecule has 2 rings (SSSR count). The molecule has 0 spiro atoms. The van der Waals surface area contributed by atoms with Gasteiger partial charge in [0.05, 0.1) is 18.2 Å². The van der Waals surface area contributed by atoms with Crippen LogP contribution in [0.15, 0.2) is 42.5 Å². The molecule has 0 bridgehead atoms. The summed E-state index contributed by atoms with van der Waals surface area (Å²) in [5.41, 5.74) is 6.70. The van der Waals surface area contributed by atoms with E-state index >= 15 is 0 Å². The lowest BCUT2D eigenvalue weighted by Gasteiger charge is -2.27. The molecule has 2 aromatic rings. The maximum Gasteiger partial charge on any atom is 0.307 e. The predicted octanol–water partition coefficient (Wildman–Crippen LogP) is 3.73. The minimum absolute atomic E-state index is 0.0147. The second-order valence-corrected chi connectivity index (χ2v) is 6.70. The van der Waals surface area contributed by atoms with Gasteiger partial charge in [-0.05, 0) is 54.3 Å². The van der Waals surface area contributed by atoms with Crippen molar-refractivity contribution in [1.82, 2.24) is 5.43 Å². The fraction of sp³-hybridized carbons (Fsp3) is 0.350. The van der Waals surface area contributed by atoms with Crippen LogP contribution in [0.2, 0.25) is 5.02 Å². The van der Waals surface area contributed by atoms with Crippen LogP contribution >= 0.6 is 11.6 Å². The lowest BCUT2D eigenvalue weighted by molar-refractivity contribution is -0.136. The summed E-state index contributed by atoms with van der Waals surface area (Å²) < 4.78 is 0. The van der Waals surface area contributed by atoms with Gasteiger partial charge in [0.2, 0.25) is 0 Å². The molecule has 2 aromatic carbocycles. The number of hydrogen-bond donors (Lipinski definition) is 3. The number of anilines is 1. The molecule has 0 aromatic heterocycles. The standard InChI is InChI=1S/C20H25ClN2O3/c1-3-9-23(18-8-7-15(12-20(25)26)14(2)10-18)22-13-19(24)16-5-4-6-17(21)11-16/h4-8,10-11,19,22,24H,3,9,12-13H2,1-2H3,(H,25,26)/t19-/m0/s1. The van der Waals surface area contributed by atoms with E-state index in [1.165, 1.54) is 0 Å². The fourth-order valence-corrected chi connectivity index (χ4v) is 2.96. The normalized spacial score (nSPS) is 12.0. The van der Waals surface area contributed by atoms with E-state index in [4.69, 9.17) is 16.7 Å². The average molecular weight is 377 g/mol. The number of hydrazine groups is 1. The molecule has 0 saturated carbocycles. The summed E-state index contributed by atoms with van der Waals surface area (Å²) in [6, 6.07) is 12.9. The van der Waals surface area contributed by atoms with Crippen LogP contribution in [0.4, 0.5) is 5.69 Å². The van der Waals surface area contributed by atoms with Crippen LogP contribution < -0.4 is 10.4 Å². The van der Waals surface area contributed by atoms with Crippen molar-refractivity contribution in [2.45, 2.75) is 32.8 Å². The molecule has 0 amide bonds. The number of aliphatic hydroxyl groups excluding tert-OH is 1. The summed E-state index contributed by atoms with van der Waals surface area (Å²) in [6.45, 7) is 5.09. The van der Waals surface area contributed by atoms with Crippen molar-refractivity contribution in [2.75, 3.05) is 18.1 Å². The molecular weight excluding hydrogens is 352 g/mol. The van der Waals surface area contributed by atoms with E-state index in [1.54, 1.807) is 12.1 Å². The van der Waals surface area contributed by atoms with Crippen molar-refractivity contribution in [3.05, 3.63) is 64.2 Å². The zero-order chi connectivity index (χ0) is 19.1. The Morgan fingerprint density at radius 2 is 2.04 bits per heavy atom. The first-order valence-electron chi connectivity index (χ1n) is 8.66. The highest BCUT2D eigenvalue weighted by Crippen LogP contribution is 2.21. The number of nitrogens with one attached hydrogen (secondary N) is 1. The van der Waals surface area contributed by atoms with E-state index < -0.39 is 12.1 Å². The highest BCUT2D eigenvalue weighted by Gasteiger charge is 2.13. The maximum absolute atomic E-state index is 10.9. The van der Waals surface area contributed by atoms with Crippen LogP contribution in [0.1, 0.15) is 36.1 Å². The smallest absolute Gasteiger partial charge is 0.307 e. The molecular formula is C20H25ClN2O3. The first-order valence-corrected chi connectivity index (χ1v) is 9.04. The Bertz CT molecular complexity index is 752. The first-order chi connectivity index (χ1) is 12.4. The van der Waals surface area contributed by atoms with E-state index in [0.29, 0.717) is 11.6 Å². The van der Waals surface area contributed by atoms with E-state index in [2.05, 4.69) is 12.3 Å². The molecule has 3 N–H and O–H groups in total. The average Bonchev–Trinajstić information content (AvgIpc) is 2.59. The number of rotatable bonds is 9. The van der Waals surface area contributed by atoms with Gasteiger partial charge in [-0.3, -0.25) is 4.79 Å². The summed E-state index contributed by atoms with van der Waals surface area (Å²) in [5.74, 6) is -0.839. The molecule has 0 heterocycles. The molecule has 0 unspecified atom stereocenters. The lowest BCUT2D eigenvalue weighted by atomic mass is 10.0. The second kappa shape index (κ2) is 9.57. The van der Waals surface area contributed by atoms with Gasteiger partial charge in [-0.15, -0.1) is 0 Å². The molecule has 0 saturated heterocycles. The van der Waals surface area contributed by atoms with E-state index in [1.807, 2.05) is 42.3 Å². The molecule has 140 valence electrons. The number of carbonyl (C=O) groups is 1. The van der Waals surface area contributed by atoms with E-state index in [0.717, 1.165) is 35.3 Å². The lowest BCUT2D eigenvalue weighted by Crippen LogP contribution is -2.41. The summed E-state index contributed by atoms with van der Waals surface area (Å²) in [5, 5.41) is 21.9. The number of aryl methyl sites for hydroxylation is 1. The number of hydrogen-bond acceptors (Lipinski definition) is 4. The van der Waals surface area contributed by atoms with Crippen LogP contribution in [-0.2, 0) is 11.2 Å². The van der Waals surface area contributed by atoms with Crippen molar-refractivity contribution >= 4 is 23.3 Å². The summed E-state index contributed by atoms with van der Waals surface area (Å²) >= 11 is 5.98. The van der Waals surface area contributed by atoms with Gasteiger partial charge in [-0.2, -0.15) is 0 Å². The molecule has 0 fully saturated rings. The minimum atomic E-state index is -0.839. The molecule has 1 atom stereocenters. The number of halogens is 1. The molecule has 0 aliphatic carbocycles. The Balaban J connectivity index is 2.08. The van der Waals surface area contributed by atoms with Gasteiger partial charge in [0.1, 0.15) is 0 Å². The van der Waals surface area contributed by atoms with Crippen LogP contribution in [0.25, 0.3) is 0 Å². The quantitative estimate of drug-likeness (QED) is 0.581. The Kier molecular flexibility index (Phi) is 7.45. The van der Waals surface area contributed by atoms with Gasteiger partial charge >= 0.3 is 5.97 Å². The minimum Gasteiger partial charge on any atom is -0.481 e. The molecule has 0 aliphatic heterocycles. The van der Waals surface area contributed by atoms with Gasteiger partial charge < -0.3 is 15.2 Å². The monoisotopic (exact) mass is 376 g/mol. The van der Waals surface area contributed by atoms with Crippen molar-refractivity contribution in [1.29, 1.82) is 0 Å². The highest BCUT2D eigenvalue weighted by atomic mass is 35.5. The van der Waals surface area contributed by atoms with E-state index in [-0.39, 0.29) is 6.42 Å². The zero-order valence-electron chi connectivity index (χ0n) is 15.1. The third kappa shape index (κ3) is 5.73. The fourth-order valence-electron chi connectivity index (χ4n) is 2.76. The molecule has 26 heavy (non-hydrogen) atoms. The Labute approximate surface area is 159 Å². The Morgan fingerprint density at radius 1 is 1.27 bits per heavy atom. The van der Waals surface area contributed by atoms with Crippen LogP contribution in [0, 0.1) is 6.92 Å². The van der Waals surface area contributed by atoms with Gasteiger partial charge in [0, 0.05) is 18.1 Å². The molecule has 6 heteroatoms. The van der Waals surface area contributed by atoms with Crippen molar-refractivity contribution in [3.8, 4) is 0 Å². The van der Waals surface area contributed by atoms with Crippen molar-refractivity contribution in [2.24, 2.45) is 0 Å². The van der Waals surface area contributed by atoms with Gasteiger partial charge in [0.25, 0.3) is 0 Å². The molecule has 0 radical (unpaired) electrons. The predicted molar refractivity (Wildman–Crippen MR) is 105 cm³/mol. The van der Waals surface area contributed by atoms with Crippen LogP contribution in [0.3, 0.4) is 0 Å². The number of benzene rings is 2.